The average Bonchev–Trinajstić information content (AvgIpc) is 2.55. The van der Waals surface area contributed by atoms with E-state index in [0.29, 0.717) is 5.56 Å². The van der Waals surface area contributed by atoms with Gasteiger partial charge >= 0.3 is 5.97 Å². The SMILES string of the molecule is CC(c1ccc(Cc2ccc(C=O)cc2)cc1)[C@H](N)C(=O)O. The number of nitrogens with two attached hydrogens (primary N) is 1. The van der Waals surface area contributed by atoms with Crippen LogP contribution in [0.1, 0.15) is 39.9 Å². The van der Waals surface area contributed by atoms with Gasteiger partial charge in [-0.05, 0) is 23.1 Å². The lowest BCUT2D eigenvalue weighted by molar-refractivity contribution is -0.139. The molecule has 4 heteroatoms. The van der Waals surface area contributed by atoms with Gasteiger partial charge in [-0.3, -0.25) is 9.59 Å². The maximum Gasteiger partial charge on any atom is 0.321 e. The van der Waals surface area contributed by atoms with Gasteiger partial charge in [0.2, 0.25) is 0 Å². The van der Waals surface area contributed by atoms with E-state index in [-0.39, 0.29) is 5.92 Å². The maximum atomic E-state index is 10.9. The fourth-order valence-corrected chi connectivity index (χ4v) is 2.31. The minimum absolute atomic E-state index is 0.238. The van der Waals surface area contributed by atoms with Gasteiger partial charge in [-0.1, -0.05) is 55.5 Å². The Morgan fingerprint density at radius 3 is 2.05 bits per heavy atom. The van der Waals surface area contributed by atoms with Gasteiger partial charge in [-0.15, -0.1) is 0 Å². The monoisotopic (exact) mass is 297 g/mol. The van der Waals surface area contributed by atoms with E-state index in [1.54, 1.807) is 12.1 Å². The van der Waals surface area contributed by atoms with Crippen LogP contribution in [0.5, 0.6) is 0 Å². The first kappa shape index (κ1) is 15.9. The Morgan fingerprint density at radius 2 is 1.59 bits per heavy atom. The fourth-order valence-electron chi connectivity index (χ4n) is 2.31. The summed E-state index contributed by atoms with van der Waals surface area (Å²) < 4.78 is 0. The quantitative estimate of drug-likeness (QED) is 0.803. The maximum absolute atomic E-state index is 10.9. The normalized spacial score (nSPS) is 13.4. The standard InChI is InChI=1S/C18H19NO3/c1-12(17(19)18(21)22)16-8-6-14(7-9-16)10-13-2-4-15(11-20)5-3-13/h2-9,11-12,17H,10,19H2,1H3,(H,21,22)/t12?,17-/m0/s1. The molecule has 22 heavy (non-hydrogen) atoms. The summed E-state index contributed by atoms with van der Waals surface area (Å²) in [6, 6.07) is 14.4. The second kappa shape index (κ2) is 7.00. The predicted octanol–water partition coefficient (Wildman–Crippen LogP) is 2.61. The summed E-state index contributed by atoms with van der Waals surface area (Å²) in [6.45, 7) is 1.81. The van der Waals surface area contributed by atoms with Crippen molar-refractivity contribution in [1.82, 2.24) is 0 Å². The van der Waals surface area contributed by atoms with Crippen molar-refractivity contribution in [1.29, 1.82) is 0 Å². The molecule has 2 rings (SSSR count). The zero-order valence-corrected chi connectivity index (χ0v) is 12.4. The van der Waals surface area contributed by atoms with Crippen LogP contribution in [0.25, 0.3) is 0 Å². The molecular formula is C18H19NO3. The molecule has 0 saturated heterocycles. The fraction of sp³-hybridized carbons (Fsp3) is 0.222. The van der Waals surface area contributed by atoms with Crippen LogP contribution < -0.4 is 5.73 Å². The van der Waals surface area contributed by atoms with Gasteiger partial charge < -0.3 is 10.8 Å². The summed E-state index contributed by atoms with van der Waals surface area (Å²) in [5.74, 6) is -1.23. The molecule has 0 heterocycles. The first-order valence-corrected chi connectivity index (χ1v) is 7.12. The number of hydrogen-bond donors (Lipinski definition) is 2. The number of rotatable bonds is 6. The summed E-state index contributed by atoms with van der Waals surface area (Å²) in [6.07, 6.45) is 1.59. The molecule has 3 N–H and O–H groups in total. The molecule has 0 aliphatic rings. The first-order valence-electron chi connectivity index (χ1n) is 7.12. The van der Waals surface area contributed by atoms with Crippen LogP contribution in [0.3, 0.4) is 0 Å². The second-order valence-corrected chi connectivity index (χ2v) is 5.43. The molecule has 0 radical (unpaired) electrons. The Kier molecular flexibility index (Phi) is 5.07. The van der Waals surface area contributed by atoms with Crippen molar-refractivity contribution < 1.29 is 14.7 Å². The van der Waals surface area contributed by atoms with Crippen LogP contribution in [-0.2, 0) is 11.2 Å². The van der Waals surface area contributed by atoms with Gasteiger partial charge in [0.25, 0.3) is 0 Å². The number of carboxylic acids is 1. The third kappa shape index (κ3) is 3.80. The highest BCUT2D eigenvalue weighted by atomic mass is 16.4. The molecule has 0 amide bonds. The van der Waals surface area contributed by atoms with Crippen LogP contribution in [0.4, 0.5) is 0 Å². The third-order valence-corrected chi connectivity index (χ3v) is 3.85. The largest absolute Gasteiger partial charge is 0.480 e. The van der Waals surface area contributed by atoms with Crippen molar-refractivity contribution in [3.8, 4) is 0 Å². The van der Waals surface area contributed by atoms with Crippen molar-refractivity contribution in [3.63, 3.8) is 0 Å². The van der Waals surface area contributed by atoms with Crippen LogP contribution in [0.15, 0.2) is 48.5 Å². The molecule has 1 unspecified atom stereocenters. The molecule has 2 atom stereocenters. The zero-order valence-electron chi connectivity index (χ0n) is 12.4. The van der Waals surface area contributed by atoms with Gasteiger partial charge in [-0.25, -0.2) is 0 Å². The van der Waals surface area contributed by atoms with Crippen molar-refractivity contribution >= 4 is 12.3 Å². The van der Waals surface area contributed by atoms with Gasteiger partial charge in [0.05, 0.1) is 0 Å². The highest BCUT2D eigenvalue weighted by Crippen LogP contribution is 2.20. The van der Waals surface area contributed by atoms with Gasteiger partial charge in [-0.2, -0.15) is 0 Å². The molecule has 2 aromatic carbocycles. The topological polar surface area (TPSA) is 80.4 Å². The molecule has 0 aliphatic heterocycles. The number of aldehydes is 1. The van der Waals surface area contributed by atoms with E-state index in [9.17, 15) is 9.59 Å². The summed E-state index contributed by atoms with van der Waals surface area (Å²) >= 11 is 0. The van der Waals surface area contributed by atoms with E-state index in [4.69, 9.17) is 10.8 Å². The van der Waals surface area contributed by atoms with Crippen LogP contribution in [0.2, 0.25) is 0 Å². The number of benzene rings is 2. The Balaban J connectivity index is 2.08. The molecule has 114 valence electrons. The predicted molar refractivity (Wildman–Crippen MR) is 85.1 cm³/mol. The Bertz CT molecular complexity index is 647. The number of carbonyl (C=O) groups is 2. The Hall–Kier alpha value is -2.46. The summed E-state index contributed by atoms with van der Waals surface area (Å²) in [5.41, 5.74) is 9.47. The van der Waals surface area contributed by atoms with Gasteiger partial charge in [0, 0.05) is 11.5 Å². The molecule has 0 aliphatic carbocycles. The number of carboxylic acid groups (broad SMARTS) is 1. The van der Waals surface area contributed by atoms with E-state index in [2.05, 4.69) is 0 Å². The zero-order chi connectivity index (χ0) is 16.1. The Morgan fingerprint density at radius 1 is 1.09 bits per heavy atom. The highest BCUT2D eigenvalue weighted by Gasteiger charge is 2.21. The highest BCUT2D eigenvalue weighted by molar-refractivity contribution is 5.75. The van der Waals surface area contributed by atoms with E-state index >= 15 is 0 Å². The first-order chi connectivity index (χ1) is 10.5. The van der Waals surface area contributed by atoms with Crippen LogP contribution in [-0.4, -0.2) is 23.4 Å². The van der Waals surface area contributed by atoms with Crippen molar-refractivity contribution in [2.24, 2.45) is 5.73 Å². The Labute approximate surface area is 129 Å². The average molecular weight is 297 g/mol. The van der Waals surface area contributed by atoms with Gasteiger partial charge in [0.1, 0.15) is 12.3 Å². The molecule has 0 fully saturated rings. The van der Waals surface area contributed by atoms with Crippen molar-refractivity contribution in [2.75, 3.05) is 0 Å². The number of hydrogen-bond acceptors (Lipinski definition) is 3. The van der Waals surface area contributed by atoms with E-state index in [1.807, 2.05) is 43.3 Å². The van der Waals surface area contributed by atoms with Crippen LogP contribution >= 0.6 is 0 Å². The minimum atomic E-state index is -0.994. The molecule has 2 aromatic rings. The molecule has 0 spiro atoms. The summed E-state index contributed by atoms with van der Waals surface area (Å²) in [4.78, 5) is 21.6. The lowest BCUT2D eigenvalue weighted by Gasteiger charge is -2.16. The van der Waals surface area contributed by atoms with E-state index < -0.39 is 12.0 Å². The van der Waals surface area contributed by atoms with E-state index in [1.165, 1.54) is 0 Å². The summed E-state index contributed by atoms with van der Waals surface area (Å²) in [7, 11) is 0. The number of aliphatic carboxylic acids is 1. The molecule has 4 nitrogen and oxygen atoms in total. The van der Waals surface area contributed by atoms with Crippen molar-refractivity contribution in [3.05, 3.63) is 70.8 Å². The molecular weight excluding hydrogens is 278 g/mol. The third-order valence-electron chi connectivity index (χ3n) is 3.85. The van der Waals surface area contributed by atoms with Crippen molar-refractivity contribution in [2.45, 2.75) is 25.3 Å². The smallest absolute Gasteiger partial charge is 0.321 e. The van der Waals surface area contributed by atoms with Crippen LogP contribution in [0, 0.1) is 0 Å². The molecule has 0 bridgehead atoms. The minimum Gasteiger partial charge on any atom is -0.480 e. The molecule has 0 saturated carbocycles. The molecule has 0 aromatic heterocycles. The lowest BCUT2D eigenvalue weighted by Crippen LogP contribution is -2.35. The van der Waals surface area contributed by atoms with E-state index in [0.717, 1.165) is 29.4 Å². The van der Waals surface area contributed by atoms with Gasteiger partial charge in [0.15, 0.2) is 0 Å². The lowest BCUT2D eigenvalue weighted by atomic mass is 9.92. The number of carbonyl (C=O) groups excluding carboxylic acids is 1. The second-order valence-electron chi connectivity index (χ2n) is 5.43. The summed E-state index contributed by atoms with van der Waals surface area (Å²) in [5, 5.41) is 8.96.